The Bertz CT molecular complexity index is 388. The van der Waals surface area contributed by atoms with Crippen LogP contribution < -0.4 is 15.4 Å². The second-order valence-electron chi connectivity index (χ2n) is 4.54. The van der Waals surface area contributed by atoms with Gasteiger partial charge in [0.15, 0.2) is 5.96 Å². The summed E-state index contributed by atoms with van der Waals surface area (Å²) in [4.78, 5) is 4.09. The van der Waals surface area contributed by atoms with E-state index in [4.69, 9.17) is 9.47 Å². The van der Waals surface area contributed by atoms with Crippen LogP contribution in [0.1, 0.15) is 19.8 Å². The summed E-state index contributed by atoms with van der Waals surface area (Å²) in [5.41, 5.74) is 0. The third-order valence-corrected chi connectivity index (χ3v) is 4.17. The quantitative estimate of drug-likeness (QED) is 0.239. The smallest absolute Gasteiger partial charge is 0.211 e. The van der Waals surface area contributed by atoms with Crippen molar-refractivity contribution in [3.05, 3.63) is 0 Å². The summed E-state index contributed by atoms with van der Waals surface area (Å²) in [7, 11) is 0.246. The van der Waals surface area contributed by atoms with E-state index in [1.807, 2.05) is 0 Å². The van der Waals surface area contributed by atoms with Crippen LogP contribution in [-0.4, -0.2) is 73.7 Å². The molecule has 0 fully saturated rings. The first-order chi connectivity index (χ1) is 10.6. The summed E-state index contributed by atoms with van der Waals surface area (Å²) in [6, 6.07) is 0. The van der Waals surface area contributed by atoms with Gasteiger partial charge in [0.25, 0.3) is 0 Å². The molecule has 0 unspecified atom stereocenters. The van der Waals surface area contributed by atoms with Gasteiger partial charge in [-0.2, -0.15) is 0 Å². The van der Waals surface area contributed by atoms with Crippen molar-refractivity contribution >= 4 is 16.0 Å². The van der Waals surface area contributed by atoms with Crippen LogP contribution in [0.2, 0.25) is 0 Å². The van der Waals surface area contributed by atoms with Crippen molar-refractivity contribution in [2.45, 2.75) is 19.8 Å². The molecule has 0 rings (SSSR count). The van der Waals surface area contributed by atoms with Gasteiger partial charge >= 0.3 is 0 Å². The molecular weight excluding hydrogens is 308 g/mol. The van der Waals surface area contributed by atoms with Crippen LogP contribution in [0.25, 0.3) is 0 Å². The molecule has 0 saturated heterocycles. The summed E-state index contributed by atoms with van der Waals surface area (Å²) in [6.45, 7) is 5.34. The van der Waals surface area contributed by atoms with Gasteiger partial charge < -0.3 is 20.1 Å². The molecule has 3 N–H and O–H groups in total. The maximum absolute atomic E-state index is 11.2. The molecule has 9 heteroatoms. The van der Waals surface area contributed by atoms with Crippen molar-refractivity contribution in [1.82, 2.24) is 15.4 Å². The fourth-order valence-electron chi connectivity index (χ4n) is 1.47. The predicted molar refractivity (Wildman–Crippen MR) is 88.8 cm³/mol. The predicted octanol–water partition coefficient (Wildman–Crippen LogP) is -0.466. The number of sulfonamides is 1. The lowest BCUT2D eigenvalue weighted by Crippen LogP contribution is -2.39. The molecule has 0 aliphatic heterocycles. The number of nitrogens with zero attached hydrogens (tertiary/aromatic N) is 1. The van der Waals surface area contributed by atoms with Gasteiger partial charge in [-0.25, -0.2) is 13.1 Å². The molecule has 0 aliphatic rings. The first-order valence-electron chi connectivity index (χ1n) is 7.54. The van der Waals surface area contributed by atoms with Crippen LogP contribution >= 0.6 is 0 Å². The van der Waals surface area contributed by atoms with Gasteiger partial charge in [-0.15, -0.1) is 0 Å². The van der Waals surface area contributed by atoms with E-state index in [1.54, 1.807) is 21.1 Å². The van der Waals surface area contributed by atoms with Crippen LogP contribution in [0, 0.1) is 0 Å². The number of hydrogen-bond donors (Lipinski definition) is 3. The van der Waals surface area contributed by atoms with Crippen molar-refractivity contribution in [3.8, 4) is 0 Å². The van der Waals surface area contributed by atoms with Crippen molar-refractivity contribution in [2.75, 3.05) is 59.4 Å². The topological polar surface area (TPSA) is 101 Å². The summed E-state index contributed by atoms with van der Waals surface area (Å²) < 4.78 is 35.2. The number of guanidine groups is 1. The number of nitrogens with one attached hydrogen (secondary N) is 3. The monoisotopic (exact) mass is 338 g/mol. The molecule has 0 aliphatic carbocycles. The van der Waals surface area contributed by atoms with Crippen LogP contribution in [0.4, 0.5) is 0 Å². The Morgan fingerprint density at radius 3 is 2.32 bits per heavy atom. The van der Waals surface area contributed by atoms with E-state index < -0.39 is 10.0 Å². The lowest BCUT2D eigenvalue weighted by Gasteiger charge is -2.12. The highest BCUT2D eigenvalue weighted by Crippen LogP contribution is 1.84. The molecule has 0 spiro atoms. The number of rotatable bonds is 13. The third kappa shape index (κ3) is 12.8. The molecule has 132 valence electrons. The Morgan fingerprint density at radius 2 is 1.73 bits per heavy atom. The van der Waals surface area contributed by atoms with Gasteiger partial charge in [-0.1, -0.05) is 0 Å². The van der Waals surface area contributed by atoms with E-state index in [2.05, 4.69) is 20.3 Å². The maximum Gasteiger partial charge on any atom is 0.211 e. The fourth-order valence-corrected chi connectivity index (χ4v) is 2.13. The van der Waals surface area contributed by atoms with E-state index >= 15 is 0 Å². The van der Waals surface area contributed by atoms with Gasteiger partial charge in [-0.3, -0.25) is 4.99 Å². The number of ether oxygens (including phenoxy) is 2. The molecule has 0 aromatic carbocycles. The molecule has 0 amide bonds. The molecule has 0 bridgehead atoms. The third-order valence-electron chi connectivity index (χ3n) is 2.76. The fraction of sp³-hybridized carbons (Fsp3) is 0.923. The van der Waals surface area contributed by atoms with Gasteiger partial charge in [0.05, 0.1) is 19.0 Å². The second kappa shape index (κ2) is 13.7. The molecule has 0 atom stereocenters. The van der Waals surface area contributed by atoms with Crippen LogP contribution in [0.5, 0.6) is 0 Å². The summed E-state index contributed by atoms with van der Waals surface area (Å²) in [5.74, 6) is 0.811. The number of methoxy groups -OCH3 is 1. The lowest BCUT2D eigenvalue weighted by atomic mass is 10.4. The van der Waals surface area contributed by atoms with E-state index in [1.165, 1.54) is 0 Å². The SMILES string of the molecule is CCS(=O)(=O)NCCCNC(=NC)NCCCOCCOC. The first-order valence-corrected chi connectivity index (χ1v) is 9.19. The number of hydrogen-bond acceptors (Lipinski definition) is 5. The van der Waals surface area contributed by atoms with Gasteiger partial charge in [0.2, 0.25) is 10.0 Å². The highest BCUT2D eigenvalue weighted by atomic mass is 32.2. The normalized spacial score (nSPS) is 12.4. The molecule has 22 heavy (non-hydrogen) atoms. The first kappa shape index (κ1) is 21.1. The van der Waals surface area contributed by atoms with Crippen LogP contribution in [-0.2, 0) is 19.5 Å². The van der Waals surface area contributed by atoms with Gasteiger partial charge in [0, 0.05) is 40.4 Å². The van der Waals surface area contributed by atoms with Crippen molar-refractivity contribution in [3.63, 3.8) is 0 Å². The average molecular weight is 338 g/mol. The number of aliphatic imine (C=N–C) groups is 1. The van der Waals surface area contributed by atoms with Crippen molar-refractivity contribution in [1.29, 1.82) is 0 Å². The zero-order valence-corrected chi connectivity index (χ0v) is 14.7. The Kier molecular flexibility index (Phi) is 13.2. The van der Waals surface area contributed by atoms with E-state index in [0.717, 1.165) is 13.0 Å². The molecule has 8 nitrogen and oxygen atoms in total. The van der Waals surface area contributed by atoms with E-state index in [-0.39, 0.29) is 5.75 Å². The summed E-state index contributed by atoms with van der Waals surface area (Å²) in [6.07, 6.45) is 1.57. The summed E-state index contributed by atoms with van der Waals surface area (Å²) in [5, 5.41) is 6.30. The highest BCUT2D eigenvalue weighted by Gasteiger charge is 2.04. The zero-order valence-electron chi connectivity index (χ0n) is 13.9. The minimum Gasteiger partial charge on any atom is -0.382 e. The van der Waals surface area contributed by atoms with Gasteiger partial charge in [-0.05, 0) is 19.8 Å². The minimum absolute atomic E-state index is 0.107. The molecule has 0 saturated carbocycles. The van der Waals surface area contributed by atoms with Crippen molar-refractivity contribution in [2.24, 2.45) is 4.99 Å². The Labute approximate surface area is 134 Å². The van der Waals surface area contributed by atoms with Crippen LogP contribution in [0.3, 0.4) is 0 Å². The zero-order chi connectivity index (χ0) is 16.7. The molecule has 0 aromatic rings. The van der Waals surface area contributed by atoms with E-state index in [0.29, 0.717) is 45.3 Å². The summed E-state index contributed by atoms with van der Waals surface area (Å²) >= 11 is 0. The Balaban J connectivity index is 3.56. The molecular formula is C13H30N4O4S. The second-order valence-corrected chi connectivity index (χ2v) is 6.63. The van der Waals surface area contributed by atoms with Crippen LogP contribution in [0.15, 0.2) is 4.99 Å². The van der Waals surface area contributed by atoms with Gasteiger partial charge in [0.1, 0.15) is 0 Å². The molecule has 0 aromatic heterocycles. The Morgan fingerprint density at radius 1 is 1.05 bits per heavy atom. The van der Waals surface area contributed by atoms with E-state index in [9.17, 15) is 8.42 Å². The lowest BCUT2D eigenvalue weighted by molar-refractivity contribution is 0.0698. The highest BCUT2D eigenvalue weighted by molar-refractivity contribution is 7.89. The maximum atomic E-state index is 11.2. The standard InChI is InChI=1S/C13H30N4O4S/c1-4-22(18,19)17-9-5-7-15-13(14-2)16-8-6-10-21-12-11-20-3/h17H,4-12H2,1-3H3,(H2,14,15,16). The van der Waals surface area contributed by atoms with Crippen molar-refractivity contribution < 1.29 is 17.9 Å². The minimum atomic E-state index is -3.10. The molecule has 0 heterocycles. The Hall–Kier alpha value is -0.900. The molecule has 0 radical (unpaired) electrons. The largest absolute Gasteiger partial charge is 0.382 e. The average Bonchev–Trinajstić information content (AvgIpc) is 2.51.